The Kier molecular flexibility index (Phi) is 2.82. The van der Waals surface area contributed by atoms with Crippen LogP contribution in [-0.2, 0) is 6.18 Å². The Morgan fingerprint density at radius 1 is 1.35 bits per heavy atom. The molecule has 0 fully saturated rings. The SMILES string of the molecule is CNC(C)c1nc2cc(C(F)(F)F)ccc2o1. The van der Waals surface area contributed by atoms with Crippen molar-refractivity contribution in [2.75, 3.05) is 7.05 Å². The lowest BCUT2D eigenvalue weighted by molar-refractivity contribution is -0.137. The van der Waals surface area contributed by atoms with Crippen LogP contribution in [-0.4, -0.2) is 12.0 Å². The molecule has 0 spiro atoms. The van der Waals surface area contributed by atoms with Gasteiger partial charge >= 0.3 is 6.18 Å². The van der Waals surface area contributed by atoms with Gasteiger partial charge in [0.15, 0.2) is 5.58 Å². The summed E-state index contributed by atoms with van der Waals surface area (Å²) in [6, 6.07) is 3.13. The third-order valence-corrected chi connectivity index (χ3v) is 2.53. The molecule has 0 amide bonds. The molecule has 1 aromatic carbocycles. The first kappa shape index (κ1) is 11.9. The molecule has 92 valence electrons. The van der Waals surface area contributed by atoms with Gasteiger partial charge in [0.25, 0.3) is 0 Å². The van der Waals surface area contributed by atoms with E-state index >= 15 is 0 Å². The van der Waals surface area contributed by atoms with Crippen LogP contribution in [0.15, 0.2) is 22.6 Å². The van der Waals surface area contributed by atoms with Gasteiger partial charge in [-0.2, -0.15) is 13.2 Å². The molecule has 6 heteroatoms. The Morgan fingerprint density at radius 3 is 2.65 bits per heavy atom. The largest absolute Gasteiger partial charge is 0.439 e. The fourth-order valence-corrected chi connectivity index (χ4v) is 1.43. The molecule has 0 aliphatic heterocycles. The number of benzene rings is 1. The van der Waals surface area contributed by atoms with Gasteiger partial charge in [-0.15, -0.1) is 0 Å². The fraction of sp³-hybridized carbons (Fsp3) is 0.364. The number of rotatable bonds is 2. The van der Waals surface area contributed by atoms with Crippen LogP contribution in [0.2, 0.25) is 0 Å². The predicted molar refractivity (Wildman–Crippen MR) is 56.5 cm³/mol. The van der Waals surface area contributed by atoms with Gasteiger partial charge in [0.2, 0.25) is 5.89 Å². The van der Waals surface area contributed by atoms with Gasteiger partial charge in [-0.3, -0.25) is 0 Å². The summed E-state index contributed by atoms with van der Waals surface area (Å²) in [5.74, 6) is 0.377. The molecule has 2 rings (SSSR count). The zero-order valence-corrected chi connectivity index (χ0v) is 9.30. The van der Waals surface area contributed by atoms with Gasteiger partial charge in [0, 0.05) is 0 Å². The molecule has 1 unspecified atom stereocenters. The Hall–Kier alpha value is -1.56. The van der Waals surface area contributed by atoms with Crippen LogP contribution in [0.25, 0.3) is 11.1 Å². The highest BCUT2D eigenvalue weighted by atomic mass is 19.4. The third-order valence-electron chi connectivity index (χ3n) is 2.53. The summed E-state index contributed by atoms with van der Waals surface area (Å²) in [4.78, 5) is 4.03. The van der Waals surface area contributed by atoms with E-state index in [1.165, 1.54) is 6.07 Å². The van der Waals surface area contributed by atoms with Crippen molar-refractivity contribution in [2.45, 2.75) is 19.1 Å². The Bertz CT molecular complexity index is 533. The highest BCUT2D eigenvalue weighted by molar-refractivity contribution is 5.73. The Labute approximate surface area is 95.6 Å². The number of fused-ring (bicyclic) bond motifs is 1. The zero-order chi connectivity index (χ0) is 12.6. The highest BCUT2D eigenvalue weighted by Gasteiger charge is 2.31. The van der Waals surface area contributed by atoms with Crippen molar-refractivity contribution in [3.05, 3.63) is 29.7 Å². The zero-order valence-electron chi connectivity index (χ0n) is 9.30. The van der Waals surface area contributed by atoms with E-state index in [0.717, 1.165) is 12.1 Å². The van der Waals surface area contributed by atoms with Gasteiger partial charge in [0.05, 0.1) is 11.6 Å². The standard InChI is InChI=1S/C11H11F3N2O/c1-6(15-2)10-16-8-5-7(11(12,13)14)3-4-9(8)17-10/h3-6,15H,1-2H3. The molecule has 17 heavy (non-hydrogen) atoms. The molecule has 0 bridgehead atoms. The number of hydrogen-bond donors (Lipinski definition) is 1. The lowest BCUT2D eigenvalue weighted by Crippen LogP contribution is -2.12. The van der Waals surface area contributed by atoms with E-state index in [1.807, 2.05) is 6.92 Å². The van der Waals surface area contributed by atoms with Gasteiger partial charge in [-0.05, 0) is 32.2 Å². The molecule has 2 aromatic rings. The molecule has 0 saturated heterocycles. The maximum absolute atomic E-state index is 12.5. The summed E-state index contributed by atoms with van der Waals surface area (Å²) in [6.45, 7) is 1.81. The molecule has 0 radical (unpaired) electrons. The van der Waals surface area contributed by atoms with Crippen LogP contribution >= 0.6 is 0 Å². The average molecular weight is 244 g/mol. The lowest BCUT2D eigenvalue weighted by atomic mass is 10.2. The van der Waals surface area contributed by atoms with Gasteiger partial charge < -0.3 is 9.73 Å². The molecular formula is C11H11F3N2O. The molecular weight excluding hydrogens is 233 g/mol. The smallest absolute Gasteiger partial charge is 0.416 e. The van der Waals surface area contributed by atoms with Crippen molar-refractivity contribution in [3.63, 3.8) is 0 Å². The van der Waals surface area contributed by atoms with E-state index in [2.05, 4.69) is 10.3 Å². The normalized spacial score (nSPS) is 14.2. The van der Waals surface area contributed by atoms with E-state index < -0.39 is 11.7 Å². The van der Waals surface area contributed by atoms with E-state index in [-0.39, 0.29) is 11.6 Å². The first-order valence-corrected chi connectivity index (χ1v) is 5.07. The summed E-state index contributed by atoms with van der Waals surface area (Å²) < 4.78 is 42.8. The molecule has 1 N–H and O–H groups in total. The summed E-state index contributed by atoms with van der Waals surface area (Å²) in [6.07, 6.45) is -4.36. The van der Waals surface area contributed by atoms with Crippen LogP contribution in [0.1, 0.15) is 24.4 Å². The van der Waals surface area contributed by atoms with Crippen LogP contribution < -0.4 is 5.32 Å². The minimum absolute atomic E-state index is 0.142. The van der Waals surface area contributed by atoms with Crippen LogP contribution in [0.5, 0.6) is 0 Å². The second-order valence-corrected chi connectivity index (χ2v) is 3.74. The molecule has 0 aliphatic carbocycles. The number of alkyl halides is 3. The maximum atomic E-state index is 12.5. The number of nitrogens with one attached hydrogen (secondary N) is 1. The summed E-state index contributed by atoms with van der Waals surface area (Å²) >= 11 is 0. The second-order valence-electron chi connectivity index (χ2n) is 3.74. The van der Waals surface area contributed by atoms with Crippen molar-refractivity contribution < 1.29 is 17.6 Å². The number of oxazole rings is 1. The quantitative estimate of drug-likeness (QED) is 0.881. The minimum atomic E-state index is -4.36. The molecule has 1 aromatic heterocycles. The third kappa shape index (κ3) is 2.26. The molecule has 1 heterocycles. The molecule has 0 saturated carbocycles. The maximum Gasteiger partial charge on any atom is 0.416 e. The van der Waals surface area contributed by atoms with Crippen molar-refractivity contribution in [2.24, 2.45) is 0 Å². The monoisotopic (exact) mass is 244 g/mol. The molecule has 0 aliphatic rings. The highest BCUT2D eigenvalue weighted by Crippen LogP contribution is 2.31. The van der Waals surface area contributed by atoms with Crippen molar-refractivity contribution >= 4 is 11.1 Å². The summed E-state index contributed by atoms with van der Waals surface area (Å²) in [5.41, 5.74) is -0.144. The predicted octanol–water partition coefficient (Wildman–Crippen LogP) is 3.13. The van der Waals surface area contributed by atoms with Gasteiger partial charge in [-0.1, -0.05) is 0 Å². The Morgan fingerprint density at radius 2 is 2.06 bits per heavy atom. The van der Waals surface area contributed by atoms with Crippen molar-refractivity contribution in [3.8, 4) is 0 Å². The first-order valence-electron chi connectivity index (χ1n) is 5.07. The minimum Gasteiger partial charge on any atom is -0.439 e. The summed E-state index contributed by atoms with van der Waals surface area (Å²) in [7, 11) is 1.72. The topological polar surface area (TPSA) is 38.1 Å². The summed E-state index contributed by atoms with van der Waals surface area (Å²) in [5, 5.41) is 2.91. The van der Waals surface area contributed by atoms with Crippen molar-refractivity contribution in [1.82, 2.24) is 10.3 Å². The van der Waals surface area contributed by atoms with Gasteiger partial charge in [0.1, 0.15) is 5.52 Å². The van der Waals surface area contributed by atoms with E-state index in [4.69, 9.17) is 4.42 Å². The van der Waals surface area contributed by atoms with Crippen molar-refractivity contribution in [1.29, 1.82) is 0 Å². The fourth-order valence-electron chi connectivity index (χ4n) is 1.43. The first-order chi connectivity index (χ1) is 7.91. The van der Waals surface area contributed by atoms with Crippen LogP contribution in [0.4, 0.5) is 13.2 Å². The van der Waals surface area contributed by atoms with Crippen LogP contribution in [0.3, 0.4) is 0 Å². The number of halogens is 3. The van der Waals surface area contributed by atoms with E-state index in [1.54, 1.807) is 7.05 Å². The average Bonchev–Trinajstić information content (AvgIpc) is 2.69. The van der Waals surface area contributed by atoms with Crippen LogP contribution in [0, 0.1) is 0 Å². The lowest BCUT2D eigenvalue weighted by Gasteiger charge is -2.04. The van der Waals surface area contributed by atoms with E-state index in [0.29, 0.717) is 11.5 Å². The number of nitrogens with zero attached hydrogens (tertiary/aromatic N) is 1. The Balaban J connectivity index is 2.48. The number of aromatic nitrogens is 1. The molecule has 1 atom stereocenters. The number of hydrogen-bond acceptors (Lipinski definition) is 3. The second kappa shape index (κ2) is 4.03. The van der Waals surface area contributed by atoms with E-state index in [9.17, 15) is 13.2 Å². The molecule has 3 nitrogen and oxygen atoms in total. The van der Waals surface area contributed by atoms with Gasteiger partial charge in [-0.25, -0.2) is 4.98 Å².